The number of amides is 3. The Hall–Kier alpha value is -1.60. The van der Waals surface area contributed by atoms with Crippen molar-refractivity contribution in [2.24, 2.45) is 0 Å². The van der Waals surface area contributed by atoms with E-state index < -0.39 is 11.9 Å². The molecule has 1 unspecified atom stereocenters. The molecule has 1 aliphatic heterocycles. The molecular formula is C12H13ClN2O4S. The molecule has 0 aliphatic carbocycles. The second kappa shape index (κ2) is 6.23. The van der Waals surface area contributed by atoms with Gasteiger partial charge in [0.1, 0.15) is 6.04 Å². The lowest BCUT2D eigenvalue weighted by atomic mass is 10.1. The highest BCUT2D eigenvalue weighted by Gasteiger charge is 2.28. The van der Waals surface area contributed by atoms with Crippen molar-refractivity contribution in [1.29, 1.82) is 0 Å². The highest BCUT2D eigenvalue weighted by Crippen LogP contribution is 2.33. The number of thiophene rings is 1. The van der Waals surface area contributed by atoms with Gasteiger partial charge in [-0.1, -0.05) is 22.9 Å². The quantitative estimate of drug-likeness (QED) is 0.807. The maximum absolute atomic E-state index is 11.9. The van der Waals surface area contributed by atoms with Crippen LogP contribution in [0.3, 0.4) is 0 Å². The molecule has 1 aromatic rings. The van der Waals surface area contributed by atoms with Gasteiger partial charge in [0, 0.05) is 12.0 Å². The summed E-state index contributed by atoms with van der Waals surface area (Å²) in [6.45, 7) is 0. The van der Waals surface area contributed by atoms with Crippen molar-refractivity contribution in [1.82, 2.24) is 10.6 Å². The standard InChI is InChI=1S/C12H13ClN2O4S/c1-19-12-6(4-8(13)20-12)5-10(17)14-7-2-3-9(16)15-11(7)18/h4,7H,2-3,5H2,1H3,(H,14,17)(H,15,16,18). The third-order valence-electron chi connectivity index (χ3n) is 2.85. The van der Waals surface area contributed by atoms with E-state index in [1.807, 2.05) is 0 Å². The average molecular weight is 317 g/mol. The summed E-state index contributed by atoms with van der Waals surface area (Å²) in [5.74, 6) is -1.09. The van der Waals surface area contributed by atoms with Gasteiger partial charge in [0.15, 0.2) is 5.06 Å². The van der Waals surface area contributed by atoms with Crippen molar-refractivity contribution in [3.8, 4) is 5.06 Å². The lowest BCUT2D eigenvalue weighted by Crippen LogP contribution is -2.52. The van der Waals surface area contributed by atoms with E-state index in [2.05, 4.69) is 10.6 Å². The van der Waals surface area contributed by atoms with Crippen LogP contribution in [0.1, 0.15) is 18.4 Å². The van der Waals surface area contributed by atoms with Crippen LogP contribution in [-0.4, -0.2) is 30.9 Å². The Balaban J connectivity index is 1.95. The molecule has 6 nitrogen and oxygen atoms in total. The molecule has 1 atom stereocenters. The van der Waals surface area contributed by atoms with E-state index in [0.717, 1.165) is 0 Å². The zero-order valence-electron chi connectivity index (χ0n) is 10.7. The van der Waals surface area contributed by atoms with Gasteiger partial charge in [0.25, 0.3) is 0 Å². The summed E-state index contributed by atoms with van der Waals surface area (Å²) in [5, 5.41) is 5.37. The zero-order valence-corrected chi connectivity index (χ0v) is 12.3. The summed E-state index contributed by atoms with van der Waals surface area (Å²) >= 11 is 7.11. The Kier molecular flexibility index (Phi) is 4.61. The van der Waals surface area contributed by atoms with Gasteiger partial charge < -0.3 is 10.1 Å². The average Bonchev–Trinajstić information content (AvgIpc) is 2.73. The van der Waals surface area contributed by atoms with Crippen LogP contribution in [0.15, 0.2) is 6.07 Å². The highest BCUT2D eigenvalue weighted by atomic mass is 35.5. The Morgan fingerprint density at radius 3 is 3.00 bits per heavy atom. The first kappa shape index (κ1) is 14.8. The first-order valence-corrected chi connectivity index (χ1v) is 7.14. The second-order valence-corrected chi connectivity index (χ2v) is 5.96. The minimum atomic E-state index is -0.666. The Morgan fingerprint density at radius 1 is 1.60 bits per heavy atom. The van der Waals surface area contributed by atoms with Gasteiger partial charge in [-0.05, 0) is 12.5 Å². The molecule has 3 amide bonds. The van der Waals surface area contributed by atoms with Crippen LogP contribution >= 0.6 is 22.9 Å². The third-order valence-corrected chi connectivity index (χ3v) is 4.12. The van der Waals surface area contributed by atoms with Gasteiger partial charge in [0.2, 0.25) is 17.7 Å². The molecule has 8 heteroatoms. The zero-order chi connectivity index (χ0) is 14.7. The van der Waals surface area contributed by atoms with E-state index >= 15 is 0 Å². The fraction of sp³-hybridized carbons (Fsp3) is 0.417. The Morgan fingerprint density at radius 2 is 2.35 bits per heavy atom. The maximum Gasteiger partial charge on any atom is 0.249 e. The van der Waals surface area contributed by atoms with Crippen LogP contribution in [0.5, 0.6) is 5.06 Å². The van der Waals surface area contributed by atoms with E-state index in [-0.39, 0.29) is 24.7 Å². The molecule has 0 aromatic carbocycles. The van der Waals surface area contributed by atoms with Crippen LogP contribution in [0.2, 0.25) is 4.34 Å². The van der Waals surface area contributed by atoms with Gasteiger partial charge in [-0.3, -0.25) is 19.7 Å². The number of methoxy groups -OCH3 is 1. The molecule has 0 radical (unpaired) electrons. The number of hydrogen-bond acceptors (Lipinski definition) is 5. The minimum Gasteiger partial charge on any atom is -0.487 e. The van der Waals surface area contributed by atoms with Gasteiger partial charge in [-0.15, -0.1) is 0 Å². The molecule has 1 aromatic heterocycles. The summed E-state index contributed by atoms with van der Waals surface area (Å²) in [6, 6.07) is 0.995. The fourth-order valence-corrected chi connectivity index (χ4v) is 2.99. The van der Waals surface area contributed by atoms with E-state index in [0.29, 0.717) is 21.4 Å². The molecule has 0 spiro atoms. The van der Waals surface area contributed by atoms with E-state index in [1.165, 1.54) is 18.4 Å². The third kappa shape index (κ3) is 3.49. The Bertz CT molecular complexity index is 558. The first-order chi connectivity index (χ1) is 9.49. The molecule has 20 heavy (non-hydrogen) atoms. The van der Waals surface area contributed by atoms with Crippen LogP contribution in [-0.2, 0) is 20.8 Å². The number of piperidine rings is 1. The molecular weight excluding hydrogens is 304 g/mol. The van der Waals surface area contributed by atoms with Crippen molar-refractivity contribution in [2.45, 2.75) is 25.3 Å². The van der Waals surface area contributed by atoms with Crippen molar-refractivity contribution in [3.63, 3.8) is 0 Å². The lowest BCUT2D eigenvalue weighted by molar-refractivity contribution is -0.137. The molecule has 108 valence electrons. The highest BCUT2D eigenvalue weighted by molar-refractivity contribution is 7.18. The van der Waals surface area contributed by atoms with Crippen LogP contribution in [0, 0.1) is 0 Å². The summed E-state index contributed by atoms with van der Waals surface area (Å²) in [6.07, 6.45) is 0.617. The second-order valence-electron chi connectivity index (χ2n) is 4.32. The number of imide groups is 1. The maximum atomic E-state index is 11.9. The van der Waals surface area contributed by atoms with Crippen LogP contribution < -0.4 is 15.4 Å². The van der Waals surface area contributed by atoms with Gasteiger partial charge >= 0.3 is 0 Å². The van der Waals surface area contributed by atoms with Crippen LogP contribution in [0.25, 0.3) is 0 Å². The molecule has 1 aliphatic rings. The van der Waals surface area contributed by atoms with Crippen molar-refractivity contribution >= 4 is 40.7 Å². The Labute approximate surface area is 124 Å². The largest absolute Gasteiger partial charge is 0.487 e. The summed E-state index contributed by atoms with van der Waals surface area (Å²) < 4.78 is 5.66. The number of carbonyl (C=O) groups excluding carboxylic acids is 3. The SMILES string of the molecule is COc1sc(Cl)cc1CC(=O)NC1CCC(=O)NC1=O. The monoisotopic (exact) mass is 316 g/mol. The smallest absolute Gasteiger partial charge is 0.249 e. The normalized spacial score (nSPS) is 18.6. The van der Waals surface area contributed by atoms with Gasteiger partial charge in [-0.2, -0.15) is 0 Å². The number of ether oxygens (including phenoxy) is 1. The van der Waals surface area contributed by atoms with Crippen molar-refractivity contribution in [3.05, 3.63) is 16.0 Å². The van der Waals surface area contributed by atoms with E-state index in [9.17, 15) is 14.4 Å². The number of hydrogen-bond donors (Lipinski definition) is 2. The van der Waals surface area contributed by atoms with E-state index in [4.69, 9.17) is 16.3 Å². The van der Waals surface area contributed by atoms with Gasteiger partial charge in [-0.25, -0.2) is 0 Å². The summed E-state index contributed by atoms with van der Waals surface area (Å²) in [7, 11) is 1.50. The molecule has 1 fully saturated rings. The summed E-state index contributed by atoms with van der Waals surface area (Å²) in [4.78, 5) is 34.5. The van der Waals surface area contributed by atoms with Gasteiger partial charge in [0.05, 0.1) is 17.9 Å². The first-order valence-electron chi connectivity index (χ1n) is 5.95. The topological polar surface area (TPSA) is 84.5 Å². The summed E-state index contributed by atoms with van der Waals surface area (Å²) in [5.41, 5.74) is 0.673. The fourth-order valence-electron chi connectivity index (χ4n) is 1.93. The number of carbonyl (C=O) groups is 3. The number of nitrogens with one attached hydrogen (secondary N) is 2. The number of halogens is 1. The molecule has 2 rings (SSSR count). The van der Waals surface area contributed by atoms with Crippen LogP contribution in [0.4, 0.5) is 0 Å². The molecule has 1 saturated heterocycles. The van der Waals surface area contributed by atoms with E-state index in [1.54, 1.807) is 6.07 Å². The van der Waals surface area contributed by atoms with Crippen molar-refractivity contribution in [2.75, 3.05) is 7.11 Å². The molecule has 2 heterocycles. The lowest BCUT2D eigenvalue weighted by Gasteiger charge is -2.21. The molecule has 0 saturated carbocycles. The molecule has 2 N–H and O–H groups in total. The molecule has 0 bridgehead atoms. The predicted molar refractivity (Wildman–Crippen MR) is 73.9 cm³/mol. The predicted octanol–water partition coefficient (Wildman–Crippen LogP) is 0.874. The minimum absolute atomic E-state index is 0.0735. The van der Waals surface area contributed by atoms with Crippen molar-refractivity contribution < 1.29 is 19.1 Å². The number of rotatable bonds is 4.